The van der Waals surface area contributed by atoms with E-state index in [9.17, 15) is 4.79 Å². The molecule has 0 aliphatic heterocycles. The number of hydrogen-bond donors (Lipinski definition) is 0. The molecule has 0 radical (unpaired) electrons. The van der Waals surface area contributed by atoms with Crippen molar-refractivity contribution >= 4 is 28.6 Å². The van der Waals surface area contributed by atoms with Crippen molar-refractivity contribution in [3.63, 3.8) is 0 Å². The molecule has 0 saturated carbocycles. The van der Waals surface area contributed by atoms with Gasteiger partial charge in [0, 0.05) is 18.6 Å². The van der Waals surface area contributed by atoms with Crippen LogP contribution in [0, 0.1) is 3.57 Å². The van der Waals surface area contributed by atoms with Crippen molar-refractivity contribution in [1.29, 1.82) is 0 Å². The fourth-order valence-electron chi connectivity index (χ4n) is 1.18. The molecule has 88 valence electrons. The third-order valence-electron chi connectivity index (χ3n) is 1.97. The first-order valence-corrected chi connectivity index (χ1v) is 5.70. The van der Waals surface area contributed by atoms with Gasteiger partial charge in [-0.25, -0.2) is 0 Å². The van der Waals surface area contributed by atoms with Crippen LogP contribution in [-0.4, -0.2) is 20.2 Å². The molecule has 0 atom stereocenters. The Morgan fingerprint density at radius 2 is 2.00 bits per heavy atom. The Morgan fingerprint density at radius 1 is 1.31 bits per heavy atom. The Balaban J connectivity index is 3.01. The highest BCUT2D eigenvalue weighted by atomic mass is 127. The number of esters is 1. The number of hydrogen-bond acceptors (Lipinski definition) is 4. The molecule has 0 amide bonds. The van der Waals surface area contributed by atoms with Crippen molar-refractivity contribution in [2.24, 2.45) is 0 Å². The van der Waals surface area contributed by atoms with Crippen LogP contribution in [0.25, 0.3) is 0 Å². The summed E-state index contributed by atoms with van der Waals surface area (Å²) in [5.74, 6) is 1.08. The second-order valence-electron chi connectivity index (χ2n) is 3.08. The van der Waals surface area contributed by atoms with Crippen molar-refractivity contribution < 1.29 is 19.0 Å². The number of benzene rings is 1. The van der Waals surface area contributed by atoms with Crippen molar-refractivity contribution in [2.75, 3.05) is 14.2 Å². The molecular formula is C11H13IO4. The number of carbonyl (C=O) groups excluding carboxylic acids is 1. The first kappa shape index (κ1) is 13.1. The lowest BCUT2D eigenvalue weighted by Crippen LogP contribution is -2.02. The lowest BCUT2D eigenvalue weighted by atomic mass is 10.2. The predicted octanol–water partition coefficient (Wildman–Crippen LogP) is 2.37. The van der Waals surface area contributed by atoms with Crippen molar-refractivity contribution in [1.82, 2.24) is 0 Å². The van der Waals surface area contributed by atoms with Gasteiger partial charge in [0.25, 0.3) is 0 Å². The van der Waals surface area contributed by atoms with E-state index < -0.39 is 0 Å². The van der Waals surface area contributed by atoms with E-state index in [4.69, 9.17) is 14.2 Å². The highest BCUT2D eigenvalue weighted by Gasteiger charge is 2.10. The molecule has 0 spiro atoms. The van der Waals surface area contributed by atoms with E-state index in [0.29, 0.717) is 11.5 Å². The average molecular weight is 336 g/mol. The number of methoxy groups -OCH3 is 2. The van der Waals surface area contributed by atoms with Gasteiger partial charge in [-0.05, 0) is 28.7 Å². The number of ether oxygens (including phenoxy) is 3. The van der Waals surface area contributed by atoms with Crippen LogP contribution in [-0.2, 0) is 16.1 Å². The van der Waals surface area contributed by atoms with Gasteiger partial charge >= 0.3 is 5.97 Å². The zero-order chi connectivity index (χ0) is 12.1. The first-order chi connectivity index (χ1) is 7.58. The maximum Gasteiger partial charge on any atom is 0.302 e. The molecule has 0 heterocycles. The molecule has 1 aromatic carbocycles. The predicted molar refractivity (Wildman–Crippen MR) is 67.7 cm³/mol. The second kappa shape index (κ2) is 5.93. The summed E-state index contributed by atoms with van der Waals surface area (Å²) >= 11 is 2.15. The molecule has 0 bridgehead atoms. The van der Waals surface area contributed by atoms with Crippen LogP contribution in [0.15, 0.2) is 12.1 Å². The van der Waals surface area contributed by atoms with Crippen LogP contribution in [0.1, 0.15) is 12.5 Å². The van der Waals surface area contributed by atoms with E-state index in [-0.39, 0.29) is 12.6 Å². The minimum atomic E-state index is -0.308. The maximum atomic E-state index is 10.8. The lowest BCUT2D eigenvalue weighted by Gasteiger charge is -2.11. The van der Waals surface area contributed by atoms with Gasteiger partial charge in [0.2, 0.25) is 0 Å². The Bertz CT molecular complexity index is 390. The summed E-state index contributed by atoms with van der Waals surface area (Å²) < 4.78 is 16.2. The first-order valence-electron chi connectivity index (χ1n) is 4.62. The Labute approximate surface area is 108 Å². The molecule has 16 heavy (non-hydrogen) atoms. The summed E-state index contributed by atoms with van der Waals surface area (Å²) in [6.07, 6.45) is 0. The summed E-state index contributed by atoms with van der Waals surface area (Å²) in [7, 11) is 3.17. The number of halogens is 1. The van der Waals surface area contributed by atoms with Crippen LogP contribution >= 0.6 is 22.6 Å². The van der Waals surface area contributed by atoms with E-state index >= 15 is 0 Å². The van der Waals surface area contributed by atoms with Gasteiger partial charge in [-0.15, -0.1) is 0 Å². The summed E-state index contributed by atoms with van der Waals surface area (Å²) in [5, 5.41) is 0. The Morgan fingerprint density at radius 3 is 2.50 bits per heavy atom. The van der Waals surface area contributed by atoms with Crippen LogP contribution in [0.4, 0.5) is 0 Å². The molecule has 1 rings (SSSR count). The average Bonchev–Trinajstić information content (AvgIpc) is 2.27. The standard InChI is InChI=1S/C11H13IO4/c1-7(13)16-6-8-4-9(14-2)5-10(15-3)11(8)12/h4-5H,6H2,1-3H3. The lowest BCUT2D eigenvalue weighted by molar-refractivity contribution is -0.142. The normalized spacial score (nSPS) is 9.75. The molecule has 4 nitrogen and oxygen atoms in total. The zero-order valence-electron chi connectivity index (χ0n) is 9.37. The SMILES string of the molecule is COc1cc(COC(C)=O)c(I)c(OC)c1. The van der Waals surface area contributed by atoms with Crippen LogP contribution in [0.3, 0.4) is 0 Å². The number of rotatable bonds is 4. The van der Waals surface area contributed by atoms with Crippen molar-refractivity contribution in [2.45, 2.75) is 13.5 Å². The smallest absolute Gasteiger partial charge is 0.302 e. The van der Waals surface area contributed by atoms with E-state index in [1.165, 1.54) is 6.92 Å². The van der Waals surface area contributed by atoms with E-state index in [2.05, 4.69) is 22.6 Å². The monoisotopic (exact) mass is 336 g/mol. The van der Waals surface area contributed by atoms with Crippen molar-refractivity contribution in [3.05, 3.63) is 21.3 Å². The van der Waals surface area contributed by atoms with Crippen molar-refractivity contribution in [3.8, 4) is 11.5 Å². The molecule has 5 heteroatoms. The molecule has 0 aliphatic rings. The van der Waals surface area contributed by atoms with E-state index in [0.717, 1.165) is 9.13 Å². The Kier molecular flexibility index (Phi) is 4.85. The topological polar surface area (TPSA) is 44.8 Å². The van der Waals surface area contributed by atoms with Gasteiger partial charge in [0.15, 0.2) is 0 Å². The van der Waals surface area contributed by atoms with Crippen LogP contribution in [0.2, 0.25) is 0 Å². The van der Waals surface area contributed by atoms with Gasteiger partial charge in [-0.2, -0.15) is 0 Å². The molecule has 0 N–H and O–H groups in total. The van der Waals surface area contributed by atoms with E-state index in [1.54, 1.807) is 20.3 Å². The molecule has 0 unspecified atom stereocenters. The van der Waals surface area contributed by atoms with Crippen LogP contribution in [0.5, 0.6) is 11.5 Å². The summed E-state index contributed by atoms with van der Waals surface area (Å²) in [6, 6.07) is 3.62. The minimum absolute atomic E-state index is 0.223. The third-order valence-corrected chi connectivity index (χ3v) is 3.20. The molecular weight excluding hydrogens is 323 g/mol. The molecule has 0 aliphatic carbocycles. The second-order valence-corrected chi connectivity index (χ2v) is 4.16. The van der Waals surface area contributed by atoms with Gasteiger partial charge in [0.1, 0.15) is 18.1 Å². The highest BCUT2D eigenvalue weighted by Crippen LogP contribution is 2.30. The third kappa shape index (κ3) is 3.26. The van der Waals surface area contributed by atoms with Crippen LogP contribution < -0.4 is 9.47 Å². The fraction of sp³-hybridized carbons (Fsp3) is 0.364. The molecule has 0 fully saturated rings. The highest BCUT2D eigenvalue weighted by molar-refractivity contribution is 14.1. The minimum Gasteiger partial charge on any atom is -0.497 e. The largest absolute Gasteiger partial charge is 0.497 e. The maximum absolute atomic E-state index is 10.8. The molecule has 0 saturated heterocycles. The summed E-state index contributed by atoms with van der Waals surface area (Å²) in [6.45, 7) is 1.60. The Hall–Kier alpha value is -0.980. The fourth-order valence-corrected chi connectivity index (χ4v) is 1.87. The quantitative estimate of drug-likeness (QED) is 0.626. The summed E-state index contributed by atoms with van der Waals surface area (Å²) in [5.41, 5.74) is 0.868. The van der Waals surface area contributed by atoms with E-state index in [1.807, 2.05) is 6.07 Å². The van der Waals surface area contributed by atoms with Gasteiger partial charge in [0.05, 0.1) is 17.8 Å². The van der Waals surface area contributed by atoms with Gasteiger partial charge in [-0.1, -0.05) is 0 Å². The zero-order valence-corrected chi connectivity index (χ0v) is 11.5. The summed E-state index contributed by atoms with van der Waals surface area (Å²) in [4.78, 5) is 10.8. The number of carbonyl (C=O) groups is 1. The molecule has 1 aromatic rings. The molecule has 0 aromatic heterocycles. The van der Waals surface area contributed by atoms with Gasteiger partial charge < -0.3 is 14.2 Å². The van der Waals surface area contributed by atoms with Gasteiger partial charge in [-0.3, -0.25) is 4.79 Å².